The first-order valence-electron chi connectivity index (χ1n) is 6.12. The number of hydrogen-bond acceptors (Lipinski definition) is 3. The van der Waals surface area contributed by atoms with E-state index in [1.807, 2.05) is 31.2 Å². The van der Waals surface area contributed by atoms with Gasteiger partial charge < -0.3 is 11.1 Å². The predicted octanol–water partition coefficient (Wildman–Crippen LogP) is 4.62. The van der Waals surface area contributed by atoms with Crippen LogP contribution >= 0.6 is 15.9 Å². The lowest BCUT2D eigenvalue weighted by molar-refractivity contribution is -0.141. The van der Waals surface area contributed by atoms with Gasteiger partial charge in [0.05, 0.1) is 17.6 Å². The number of nitrogens with zero attached hydrogens (tertiary/aromatic N) is 1. The third-order valence-electron chi connectivity index (χ3n) is 2.97. The molecular formula is C14H13BrF3N3. The van der Waals surface area contributed by atoms with Gasteiger partial charge in [-0.15, -0.1) is 0 Å². The summed E-state index contributed by atoms with van der Waals surface area (Å²) in [5.41, 5.74) is 6.04. The van der Waals surface area contributed by atoms with Gasteiger partial charge in [0, 0.05) is 10.5 Å². The Hall–Kier alpha value is -1.76. The monoisotopic (exact) mass is 359 g/mol. The van der Waals surface area contributed by atoms with E-state index in [1.165, 1.54) is 0 Å². The van der Waals surface area contributed by atoms with E-state index >= 15 is 0 Å². The molecule has 0 aliphatic rings. The maximum Gasteiger partial charge on any atom is 0.433 e. The van der Waals surface area contributed by atoms with Crippen LogP contribution in [0.1, 0.15) is 24.2 Å². The lowest BCUT2D eigenvalue weighted by atomic mass is 10.1. The smallest absolute Gasteiger partial charge is 0.396 e. The number of rotatable bonds is 3. The molecule has 0 saturated carbocycles. The third kappa shape index (κ3) is 3.87. The van der Waals surface area contributed by atoms with Crippen molar-refractivity contribution in [1.82, 2.24) is 4.98 Å². The van der Waals surface area contributed by atoms with E-state index in [1.54, 1.807) is 0 Å². The van der Waals surface area contributed by atoms with E-state index in [0.29, 0.717) is 0 Å². The van der Waals surface area contributed by atoms with Crippen LogP contribution in [0, 0.1) is 0 Å². The molecule has 0 fully saturated rings. The molecule has 0 aliphatic carbocycles. The Bertz CT molecular complexity index is 626. The van der Waals surface area contributed by atoms with Crippen molar-refractivity contribution in [2.45, 2.75) is 19.1 Å². The van der Waals surface area contributed by atoms with E-state index in [-0.39, 0.29) is 17.4 Å². The molecule has 0 saturated heterocycles. The highest BCUT2D eigenvalue weighted by Gasteiger charge is 2.33. The van der Waals surface area contributed by atoms with Gasteiger partial charge in [-0.2, -0.15) is 13.2 Å². The van der Waals surface area contributed by atoms with Crippen molar-refractivity contribution < 1.29 is 13.2 Å². The van der Waals surface area contributed by atoms with Crippen LogP contribution in [0.25, 0.3) is 0 Å². The molecule has 1 aromatic heterocycles. The second-order valence-electron chi connectivity index (χ2n) is 4.57. The molecular weight excluding hydrogens is 347 g/mol. The Balaban J connectivity index is 2.24. The van der Waals surface area contributed by atoms with Gasteiger partial charge in [0.1, 0.15) is 5.69 Å². The second-order valence-corrected chi connectivity index (χ2v) is 5.49. The minimum atomic E-state index is -4.50. The molecule has 21 heavy (non-hydrogen) atoms. The first-order chi connectivity index (χ1) is 9.77. The summed E-state index contributed by atoms with van der Waals surface area (Å²) in [6.45, 7) is 1.84. The number of halogens is 4. The number of hydrogen-bond donors (Lipinski definition) is 2. The Morgan fingerprint density at radius 1 is 1.24 bits per heavy atom. The van der Waals surface area contributed by atoms with Crippen LogP contribution in [-0.4, -0.2) is 4.98 Å². The highest BCUT2D eigenvalue weighted by Crippen LogP contribution is 2.32. The van der Waals surface area contributed by atoms with E-state index in [0.717, 1.165) is 22.3 Å². The van der Waals surface area contributed by atoms with Gasteiger partial charge in [0.15, 0.2) is 0 Å². The number of nitrogens with one attached hydrogen (secondary N) is 1. The van der Waals surface area contributed by atoms with E-state index in [2.05, 4.69) is 26.2 Å². The highest BCUT2D eigenvalue weighted by molar-refractivity contribution is 9.10. The van der Waals surface area contributed by atoms with Crippen LogP contribution < -0.4 is 11.1 Å². The van der Waals surface area contributed by atoms with Crippen molar-refractivity contribution in [2.75, 3.05) is 11.1 Å². The number of nitrogen functional groups attached to an aromatic ring is 1. The van der Waals surface area contributed by atoms with Crippen LogP contribution in [0.15, 0.2) is 41.0 Å². The molecule has 1 heterocycles. The van der Waals surface area contributed by atoms with Crippen molar-refractivity contribution in [3.63, 3.8) is 0 Å². The van der Waals surface area contributed by atoms with Gasteiger partial charge in [-0.3, -0.25) is 0 Å². The lowest BCUT2D eigenvalue weighted by Crippen LogP contribution is -2.12. The fourth-order valence-corrected chi connectivity index (χ4v) is 2.08. The molecule has 1 unspecified atom stereocenters. The minimum absolute atomic E-state index is 0.173. The SMILES string of the molecule is CC(Nc1cc(C(F)(F)F)ncc1N)c1ccc(Br)cc1. The van der Waals surface area contributed by atoms with Crippen molar-refractivity contribution in [2.24, 2.45) is 0 Å². The first-order valence-corrected chi connectivity index (χ1v) is 6.91. The van der Waals surface area contributed by atoms with E-state index in [4.69, 9.17) is 5.73 Å². The average molecular weight is 360 g/mol. The predicted molar refractivity (Wildman–Crippen MR) is 79.8 cm³/mol. The largest absolute Gasteiger partial charge is 0.433 e. The number of aromatic nitrogens is 1. The zero-order valence-corrected chi connectivity index (χ0v) is 12.7. The van der Waals surface area contributed by atoms with Crippen LogP contribution in [-0.2, 0) is 6.18 Å². The van der Waals surface area contributed by atoms with Crippen LogP contribution in [0.3, 0.4) is 0 Å². The summed E-state index contributed by atoms with van der Waals surface area (Å²) < 4.78 is 38.9. The van der Waals surface area contributed by atoms with Gasteiger partial charge in [-0.05, 0) is 30.7 Å². The van der Waals surface area contributed by atoms with Gasteiger partial charge in [0.2, 0.25) is 0 Å². The normalized spacial score (nSPS) is 13.0. The Labute approximate surface area is 128 Å². The molecule has 0 aliphatic heterocycles. The van der Waals surface area contributed by atoms with Gasteiger partial charge in [-0.1, -0.05) is 28.1 Å². The Morgan fingerprint density at radius 2 is 1.86 bits per heavy atom. The molecule has 3 N–H and O–H groups in total. The Morgan fingerprint density at radius 3 is 2.43 bits per heavy atom. The zero-order valence-electron chi connectivity index (χ0n) is 11.1. The third-order valence-corrected chi connectivity index (χ3v) is 3.50. The standard InChI is InChI=1S/C14H13BrF3N3/c1-8(9-2-4-10(15)5-3-9)21-12-6-13(14(16,17)18)20-7-11(12)19/h2-8H,19H2,1H3,(H,20,21). The van der Waals surface area contributed by atoms with E-state index in [9.17, 15) is 13.2 Å². The topological polar surface area (TPSA) is 50.9 Å². The molecule has 112 valence electrons. The van der Waals surface area contributed by atoms with Crippen molar-refractivity contribution in [1.29, 1.82) is 0 Å². The number of anilines is 2. The summed E-state index contributed by atoms with van der Waals surface area (Å²) in [4.78, 5) is 3.31. The lowest BCUT2D eigenvalue weighted by Gasteiger charge is -2.18. The summed E-state index contributed by atoms with van der Waals surface area (Å²) in [6.07, 6.45) is -3.48. The minimum Gasteiger partial charge on any atom is -0.396 e. The molecule has 0 amide bonds. The van der Waals surface area contributed by atoms with Crippen molar-refractivity contribution >= 4 is 27.3 Å². The molecule has 1 atom stereocenters. The molecule has 0 spiro atoms. The van der Waals surface area contributed by atoms with Crippen molar-refractivity contribution in [3.8, 4) is 0 Å². The zero-order chi connectivity index (χ0) is 15.6. The van der Waals surface area contributed by atoms with Gasteiger partial charge in [0.25, 0.3) is 0 Å². The molecule has 2 rings (SSSR count). The molecule has 0 bridgehead atoms. The number of pyridine rings is 1. The average Bonchev–Trinajstić information content (AvgIpc) is 2.40. The van der Waals surface area contributed by atoms with Gasteiger partial charge >= 0.3 is 6.18 Å². The fraction of sp³-hybridized carbons (Fsp3) is 0.214. The van der Waals surface area contributed by atoms with Gasteiger partial charge in [-0.25, -0.2) is 4.98 Å². The maximum atomic E-state index is 12.7. The van der Waals surface area contributed by atoms with Crippen LogP contribution in [0.5, 0.6) is 0 Å². The summed E-state index contributed by atoms with van der Waals surface area (Å²) in [7, 11) is 0. The fourth-order valence-electron chi connectivity index (χ4n) is 1.81. The Kier molecular flexibility index (Phi) is 4.41. The highest BCUT2D eigenvalue weighted by atomic mass is 79.9. The molecule has 1 aromatic carbocycles. The summed E-state index contributed by atoms with van der Waals surface area (Å²) in [5.74, 6) is 0. The molecule has 3 nitrogen and oxygen atoms in total. The van der Waals surface area contributed by atoms with Crippen LogP contribution in [0.2, 0.25) is 0 Å². The number of alkyl halides is 3. The number of nitrogens with two attached hydrogens (primary N) is 1. The number of benzene rings is 1. The van der Waals surface area contributed by atoms with Crippen LogP contribution in [0.4, 0.5) is 24.5 Å². The summed E-state index contributed by atoms with van der Waals surface area (Å²) >= 11 is 3.33. The summed E-state index contributed by atoms with van der Waals surface area (Å²) in [6, 6.07) is 8.22. The quantitative estimate of drug-likeness (QED) is 0.840. The second kappa shape index (κ2) is 5.93. The molecule has 2 aromatic rings. The molecule has 7 heteroatoms. The first kappa shape index (κ1) is 15.6. The maximum absolute atomic E-state index is 12.7. The van der Waals surface area contributed by atoms with Crippen molar-refractivity contribution in [3.05, 3.63) is 52.3 Å². The molecule has 0 radical (unpaired) electrons. The summed E-state index contributed by atoms with van der Waals surface area (Å²) in [5, 5.41) is 2.98. The van der Waals surface area contributed by atoms with E-state index < -0.39 is 11.9 Å².